The first-order chi connectivity index (χ1) is 6.25. The number of ether oxygens (including phenoxy) is 2. The molecular weight excluding hydrogens is 181 g/mol. The normalized spacial score (nSPS) is 12.8. The molecule has 0 radical (unpaired) electrons. The van der Waals surface area contributed by atoms with Gasteiger partial charge in [-0.3, -0.25) is 0 Å². The van der Waals surface area contributed by atoms with Gasteiger partial charge in [0.05, 0.1) is 0 Å². The van der Waals surface area contributed by atoms with Gasteiger partial charge in [0, 0.05) is 5.56 Å². The maximum absolute atomic E-state index is 10.3. The van der Waals surface area contributed by atoms with Crippen molar-refractivity contribution in [2.24, 2.45) is 0 Å². The summed E-state index contributed by atoms with van der Waals surface area (Å²) >= 11 is 0. The van der Waals surface area contributed by atoms with Crippen molar-refractivity contribution < 1.29 is 33.6 Å². The topological polar surface area (TPSA) is 69.0 Å². The molecule has 70 valence electrons. The molecule has 0 spiro atoms. The molecule has 1 aliphatic rings. The molecule has 1 aromatic rings. The number of nitrogens with one attached hydrogen (secondary N) is 1. The number of hydroxylamine groups is 2. The number of quaternary nitrogens is 1. The van der Waals surface area contributed by atoms with E-state index < -0.39 is 5.23 Å². The summed E-state index contributed by atoms with van der Waals surface area (Å²) in [6.07, 6.45) is 0. The van der Waals surface area contributed by atoms with Crippen molar-refractivity contribution in [3.63, 3.8) is 0 Å². The van der Waals surface area contributed by atoms with Gasteiger partial charge in [-0.1, -0.05) is 0 Å². The maximum Gasteiger partial charge on any atom is 1.00 e. The molecule has 0 atom stereocenters. The molecule has 1 N–H and O–H groups in total. The average Bonchev–Trinajstić information content (AvgIpc) is 2.49. The van der Waals surface area contributed by atoms with Crippen LogP contribution in [0.15, 0.2) is 18.2 Å². The van der Waals surface area contributed by atoms with E-state index in [1.54, 1.807) is 18.2 Å². The second-order valence-corrected chi connectivity index (χ2v) is 2.74. The predicted octanol–water partition coefficient (Wildman–Crippen LogP) is -3.20. The van der Waals surface area contributed by atoms with E-state index in [9.17, 15) is 10.4 Å². The van der Waals surface area contributed by atoms with Crippen LogP contribution in [-0.2, 0) is 6.54 Å². The second kappa shape index (κ2) is 4.69. The van der Waals surface area contributed by atoms with Crippen LogP contribution in [0.1, 0.15) is 5.56 Å². The first-order valence-electron chi connectivity index (χ1n) is 3.84. The molecule has 0 aromatic heterocycles. The standard InChI is InChI=1S/C8H8NO4.Li/c10-9(11)4-6-1-2-7-8(3-6)13-5-12-7;/h1-3,9H,4-5H2;/q-1;+1. The predicted molar refractivity (Wildman–Crippen MR) is 44.0 cm³/mol. The zero-order chi connectivity index (χ0) is 9.26. The Balaban J connectivity index is 0.000000980. The van der Waals surface area contributed by atoms with Crippen LogP contribution in [0.5, 0.6) is 11.5 Å². The van der Waals surface area contributed by atoms with Gasteiger partial charge in [-0.05, 0) is 18.2 Å². The molecular formula is C8H8LiNO4. The molecule has 5 nitrogen and oxygen atoms in total. The fraction of sp³-hybridized carbons (Fsp3) is 0.250. The average molecular weight is 189 g/mol. The molecule has 0 saturated heterocycles. The van der Waals surface area contributed by atoms with Crippen LogP contribution in [0.3, 0.4) is 0 Å². The van der Waals surface area contributed by atoms with E-state index in [0.29, 0.717) is 17.1 Å². The van der Waals surface area contributed by atoms with Crippen LogP contribution < -0.4 is 33.6 Å². The van der Waals surface area contributed by atoms with E-state index in [-0.39, 0.29) is 32.2 Å². The van der Waals surface area contributed by atoms with E-state index >= 15 is 0 Å². The quantitative estimate of drug-likeness (QED) is 0.393. The summed E-state index contributed by atoms with van der Waals surface area (Å²) in [6, 6.07) is 5.03. The Morgan fingerprint density at radius 3 is 2.64 bits per heavy atom. The molecule has 0 unspecified atom stereocenters. The Morgan fingerprint density at radius 2 is 1.93 bits per heavy atom. The van der Waals surface area contributed by atoms with Crippen LogP contribution in [-0.4, -0.2) is 6.79 Å². The van der Waals surface area contributed by atoms with Crippen LogP contribution in [0.2, 0.25) is 0 Å². The van der Waals surface area contributed by atoms with Gasteiger partial charge >= 0.3 is 18.9 Å². The van der Waals surface area contributed by atoms with Gasteiger partial charge < -0.3 is 25.1 Å². The number of fused-ring (bicyclic) bond motifs is 1. The second-order valence-electron chi connectivity index (χ2n) is 2.74. The van der Waals surface area contributed by atoms with Gasteiger partial charge in [0.15, 0.2) is 11.5 Å². The van der Waals surface area contributed by atoms with Gasteiger partial charge in [-0.15, -0.1) is 0 Å². The largest absolute Gasteiger partial charge is 1.00 e. The monoisotopic (exact) mass is 189 g/mol. The van der Waals surface area contributed by atoms with Gasteiger partial charge in [-0.25, -0.2) is 0 Å². The molecule has 2 rings (SSSR count). The Bertz CT molecular complexity index is 318. The van der Waals surface area contributed by atoms with Gasteiger partial charge in [0.1, 0.15) is 6.54 Å². The summed E-state index contributed by atoms with van der Waals surface area (Å²) < 4.78 is 10.2. The smallest absolute Gasteiger partial charge is 0.633 e. The Labute approximate surface area is 92.9 Å². The van der Waals surface area contributed by atoms with E-state index in [1.165, 1.54) is 0 Å². The Kier molecular flexibility index (Phi) is 3.81. The summed E-state index contributed by atoms with van der Waals surface area (Å²) in [4.78, 5) is 0. The van der Waals surface area contributed by atoms with Gasteiger partial charge in [0.25, 0.3) is 0 Å². The first-order valence-corrected chi connectivity index (χ1v) is 3.84. The molecule has 1 heterocycles. The van der Waals surface area contributed by atoms with E-state index in [0.717, 1.165) is 0 Å². The van der Waals surface area contributed by atoms with Crippen molar-refractivity contribution in [2.45, 2.75) is 6.54 Å². The summed E-state index contributed by atoms with van der Waals surface area (Å²) in [6.45, 7) is 0.0980. The summed E-state index contributed by atoms with van der Waals surface area (Å²) in [5.41, 5.74) is 0.657. The van der Waals surface area contributed by atoms with Crippen LogP contribution in [0.4, 0.5) is 0 Å². The zero-order valence-corrected chi connectivity index (χ0v) is 7.78. The summed E-state index contributed by atoms with van der Waals surface area (Å²) in [7, 11) is 0. The van der Waals surface area contributed by atoms with Crippen LogP contribution in [0, 0.1) is 10.4 Å². The third-order valence-corrected chi connectivity index (χ3v) is 1.79. The molecule has 0 saturated carbocycles. The van der Waals surface area contributed by atoms with Gasteiger partial charge in [0.2, 0.25) is 6.79 Å². The van der Waals surface area contributed by atoms with Crippen molar-refractivity contribution in [3.8, 4) is 11.5 Å². The van der Waals surface area contributed by atoms with Crippen molar-refractivity contribution in [3.05, 3.63) is 34.2 Å². The molecule has 0 fully saturated rings. The zero-order valence-electron chi connectivity index (χ0n) is 7.78. The summed E-state index contributed by atoms with van der Waals surface area (Å²) in [5.74, 6) is 1.25. The fourth-order valence-corrected chi connectivity index (χ4v) is 1.22. The molecule has 0 aliphatic carbocycles. The van der Waals surface area contributed by atoms with E-state index in [1.807, 2.05) is 0 Å². The Hall–Kier alpha value is -0.703. The SMILES string of the molecule is [Li+].[O-][NH+]([O-])Cc1ccc2c(c1)OCO2. The number of hydrogen-bond acceptors (Lipinski definition) is 4. The summed E-state index contributed by atoms with van der Waals surface area (Å²) in [5, 5.41) is 19.5. The molecule has 1 aliphatic heterocycles. The minimum Gasteiger partial charge on any atom is -0.633 e. The third kappa shape index (κ3) is 2.41. The third-order valence-electron chi connectivity index (χ3n) is 1.79. The van der Waals surface area contributed by atoms with E-state index in [4.69, 9.17) is 9.47 Å². The van der Waals surface area contributed by atoms with Crippen molar-refractivity contribution in [1.29, 1.82) is 0 Å². The minimum absolute atomic E-state index is 0. The van der Waals surface area contributed by atoms with Crippen LogP contribution in [0.25, 0.3) is 0 Å². The Morgan fingerprint density at radius 1 is 1.21 bits per heavy atom. The molecule has 14 heavy (non-hydrogen) atoms. The maximum atomic E-state index is 10.3. The number of rotatable bonds is 2. The molecule has 1 aromatic carbocycles. The van der Waals surface area contributed by atoms with Gasteiger partial charge in [-0.2, -0.15) is 0 Å². The molecule has 0 bridgehead atoms. The fourth-order valence-electron chi connectivity index (χ4n) is 1.22. The van der Waals surface area contributed by atoms with E-state index in [2.05, 4.69) is 0 Å². The van der Waals surface area contributed by atoms with Crippen molar-refractivity contribution in [2.75, 3.05) is 6.79 Å². The molecule has 0 amide bonds. The minimum atomic E-state index is -1.10. The number of benzene rings is 1. The van der Waals surface area contributed by atoms with Crippen molar-refractivity contribution in [1.82, 2.24) is 0 Å². The first kappa shape index (κ1) is 11.4. The van der Waals surface area contributed by atoms with Crippen LogP contribution >= 0.6 is 0 Å². The number of hydrogen-bond donors (Lipinski definition) is 1. The van der Waals surface area contributed by atoms with Crippen molar-refractivity contribution >= 4 is 0 Å². The molecule has 6 heteroatoms.